The molecule has 0 unspecified atom stereocenters. The molecule has 7 nitrogen and oxygen atoms in total. The third-order valence-corrected chi connectivity index (χ3v) is 5.06. The molecule has 0 fully saturated rings. The van der Waals surface area contributed by atoms with E-state index in [1.807, 2.05) is 30.3 Å². The van der Waals surface area contributed by atoms with E-state index in [1.54, 1.807) is 16.8 Å². The summed E-state index contributed by atoms with van der Waals surface area (Å²) < 4.78 is 1.74. The van der Waals surface area contributed by atoms with E-state index in [0.29, 0.717) is 11.5 Å². The Morgan fingerprint density at radius 3 is 2.21 bits per heavy atom. The minimum Gasteiger partial charge on any atom is -0.322 e. The first-order valence-corrected chi connectivity index (χ1v) is 9.01. The fraction of sp³-hybridized carbons (Fsp3) is 0.143. The largest absolute Gasteiger partial charge is 0.384 e. The quantitative estimate of drug-likeness (QED) is 0.660. The number of aromatic nitrogens is 2. The number of hydrogen-bond donors (Lipinski definition) is 0. The van der Waals surface area contributed by atoms with Crippen molar-refractivity contribution in [3.63, 3.8) is 0 Å². The third kappa shape index (κ3) is 2.36. The van der Waals surface area contributed by atoms with Crippen molar-refractivity contribution in [1.29, 1.82) is 0 Å². The van der Waals surface area contributed by atoms with E-state index in [9.17, 15) is 14.4 Å². The zero-order chi connectivity index (χ0) is 19.3. The molecule has 2 heterocycles. The molecule has 0 radical (unpaired) electrons. The van der Waals surface area contributed by atoms with Crippen molar-refractivity contribution in [2.45, 2.75) is 19.3 Å². The maximum absolute atomic E-state index is 12.8. The smallest absolute Gasteiger partial charge is 0.322 e. The summed E-state index contributed by atoms with van der Waals surface area (Å²) in [5.41, 5.74) is 3.21. The van der Waals surface area contributed by atoms with Crippen LogP contribution in [0.25, 0.3) is 5.69 Å². The van der Waals surface area contributed by atoms with Crippen molar-refractivity contribution in [2.24, 2.45) is 0 Å². The first-order chi connectivity index (χ1) is 13.6. The lowest BCUT2D eigenvalue weighted by Gasteiger charge is -2.12. The molecule has 0 spiro atoms. The number of carbonyl (C=O) groups excluding carboxylic acids is 3. The monoisotopic (exact) mass is 373 g/mol. The van der Waals surface area contributed by atoms with Gasteiger partial charge >= 0.3 is 5.97 Å². The predicted octanol–water partition coefficient (Wildman–Crippen LogP) is 2.73. The Labute approximate surface area is 160 Å². The van der Waals surface area contributed by atoms with E-state index in [0.717, 1.165) is 29.8 Å². The van der Waals surface area contributed by atoms with Gasteiger partial charge in [0.25, 0.3) is 11.8 Å². The standard InChI is InChI=1S/C21H15N3O4/c25-19-14-9-4-5-10-15(14)20(26)24(19)28-21(27)18-16-11-6-12-17(16)23(22-18)13-7-2-1-3-8-13/h1-5,7-10H,6,11-12H2. The molecule has 1 aliphatic carbocycles. The van der Waals surface area contributed by atoms with Gasteiger partial charge in [0.05, 0.1) is 16.8 Å². The molecule has 0 bridgehead atoms. The van der Waals surface area contributed by atoms with Gasteiger partial charge in [-0.2, -0.15) is 5.10 Å². The molecule has 2 amide bonds. The van der Waals surface area contributed by atoms with Crippen LogP contribution in [0, 0.1) is 0 Å². The van der Waals surface area contributed by atoms with Crippen LogP contribution in [0.3, 0.4) is 0 Å². The zero-order valence-electron chi connectivity index (χ0n) is 14.8. The number of para-hydroxylation sites is 1. The normalized spacial score (nSPS) is 14.9. The van der Waals surface area contributed by atoms with Crippen LogP contribution in [-0.4, -0.2) is 32.6 Å². The van der Waals surface area contributed by atoms with Crippen LogP contribution in [0.15, 0.2) is 54.6 Å². The molecule has 7 heteroatoms. The summed E-state index contributed by atoms with van der Waals surface area (Å²) in [6.07, 6.45) is 2.42. The van der Waals surface area contributed by atoms with Gasteiger partial charge in [-0.25, -0.2) is 9.48 Å². The number of rotatable bonds is 3. The second-order valence-corrected chi connectivity index (χ2v) is 6.70. The third-order valence-electron chi connectivity index (χ3n) is 5.06. The molecule has 0 N–H and O–H groups in total. The average molecular weight is 373 g/mol. The lowest BCUT2D eigenvalue weighted by molar-refractivity contribution is -0.0589. The zero-order valence-corrected chi connectivity index (χ0v) is 14.8. The molecule has 2 aromatic carbocycles. The maximum atomic E-state index is 12.8. The maximum Gasteiger partial charge on any atom is 0.384 e. The van der Waals surface area contributed by atoms with Gasteiger partial charge in [0.15, 0.2) is 5.69 Å². The highest BCUT2D eigenvalue weighted by Gasteiger charge is 2.40. The van der Waals surface area contributed by atoms with Gasteiger partial charge in [0, 0.05) is 11.3 Å². The van der Waals surface area contributed by atoms with Crippen molar-refractivity contribution in [3.8, 4) is 5.69 Å². The first kappa shape index (κ1) is 16.4. The lowest BCUT2D eigenvalue weighted by Crippen LogP contribution is -2.33. The van der Waals surface area contributed by atoms with Gasteiger partial charge in [-0.05, 0) is 43.5 Å². The molecule has 0 saturated carbocycles. The highest BCUT2D eigenvalue weighted by molar-refractivity contribution is 6.21. The summed E-state index contributed by atoms with van der Waals surface area (Å²) in [6.45, 7) is 0. The Bertz CT molecular complexity index is 1100. The molecule has 1 aromatic heterocycles. The SMILES string of the molecule is O=C(ON1C(=O)c2ccccc2C1=O)c1nn(-c2ccccc2)c2c1CCC2. The van der Waals surface area contributed by atoms with E-state index in [-0.39, 0.29) is 16.8 Å². The fourth-order valence-electron chi connectivity index (χ4n) is 3.76. The van der Waals surface area contributed by atoms with E-state index in [2.05, 4.69) is 5.10 Å². The number of benzene rings is 2. The van der Waals surface area contributed by atoms with Crippen LogP contribution in [-0.2, 0) is 17.7 Å². The van der Waals surface area contributed by atoms with Gasteiger partial charge in [-0.15, -0.1) is 0 Å². The lowest BCUT2D eigenvalue weighted by atomic mass is 10.1. The molecule has 5 rings (SSSR count). The summed E-state index contributed by atoms with van der Waals surface area (Å²) >= 11 is 0. The number of hydrogen-bond acceptors (Lipinski definition) is 5. The van der Waals surface area contributed by atoms with Crippen LogP contribution in [0.2, 0.25) is 0 Å². The van der Waals surface area contributed by atoms with Gasteiger partial charge in [0.1, 0.15) is 0 Å². The van der Waals surface area contributed by atoms with E-state index < -0.39 is 17.8 Å². The topological polar surface area (TPSA) is 81.5 Å². The van der Waals surface area contributed by atoms with Crippen LogP contribution in [0.1, 0.15) is 48.9 Å². The molecule has 1 aliphatic heterocycles. The number of carbonyl (C=O) groups is 3. The van der Waals surface area contributed by atoms with Gasteiger partial charge < -0.3 is 4.84 Å². The molecule has 28 heavy (non-hydrogen) atoms. The van der Waals surface area contributed by atoms with Crippen molar-refractivity contribution in [2.75, 3.05) is 0 Å². The summed E-state index contributed by atoms with van der Waals surface area (Å²) in [7, 11) is 0. The molecule has 0 saturated heterocycles. The summed E-state index contributed by atoms with van der Waals surface area (Å²) in [6, 6.07) is 15.9. The molecular weight excluding hydrogens is 358 g/mol. The van der Waals surface area contributed by atoms with E-state index in [1.165, 1.54) is 12.1 Å². The van der Waals surface area contributed by atoms with E-state index >= 15 is 0 Å². The predicted molar refractivity (Wildman–Crippen MR) is 97.9 cm³/mol. The highest BCUT2D eigenvalue weighted by atomic mass is 16.7. The van der Waals surface area contributed by atoms with Crippen LogP contribution < -0.4 is 0 Å². The Morgan fingerprint density at radius 1 is 0.893 bits per heavy atom. The molecule has 138 valence electrons. The summed E-state index contributed by atoms with van der Waals surface area (Å²) in [4.78, 5) is 42.9. The number of nitrogens with zero attached hydrogens (tertiary/aromatic N) is 3. The van der Waals surface area contributed by atoms with Gasteiger partial charge in [-0.3, -0.25) is 9.59 Å². The highest BCUT2D eigenvalue weighted by Crippen LogP contribution is 2.29. The van der Waals surface area contributed by atoms with Crippen LogP contribution in [0.5, 0.6) is 0 Å². The first-order valence-electron chi connectivity index (χ1n) is 9.01. The van der Waals surface area contributed by atoms with Crippen molar-refractivity contribution in [3.05, 3.63) is 82.7 Å². The minimum absolute atomic E-state index is 0.146. The van der Waals surface area contributed by atoms with Crippen LogP contribution >= 0.6 is 0 Å². The number of fused-ring (bicyclic) bond motifs is 2. The molecular formula is C21H15N3O4. The summed E-state index contributed by atoms with van der Waals surface area (Å²) in [5.74, 6) is -2.09. The summed E-state index contributed by atoms with van der Waals surface area (Å²) in [5, 5.41) is 4.96. The van der Waals surface area contributed by atoms with Crippen LogP contribution in [0.4, 0.5) is 0 Å². The number of hydroxylamine groups is 2. The van der Waals surface area contributed by atoms with Gasteiger partial charge in [0.2, 0.25) is 0 Å². The Kier molecular flexibility index (Phi) is 3.61. The van der Waals surface area contributed by atoms with Gasteiger partial charge in [-0.1, -0.05) is 35.4 Å². The minimum atomic E-state index is -0.803. The number of imide groups is 1. The van der Waals surface area contributed by atoms with Crippen molar-refractivity contribution < 1.29 is 19.2 Å². The van der Waals surface area contributed by atoms with Crippen molar-refractivity contribution in [1.82, 2.24) is 14.8 Å². The van der Waals surface area contributed by atoms with E-state index in [4.69, 9.17) is 4.84 Å². The fourth-order valence-corrected chi connectivity index (χ4v) is 3.76. The Hall–Kier alpha value is -3.74. The second kappa shape index (κ2) is 6.16. The Balaban J connectivity index is 1.48. The van der Waals surface area contributed by atoms with Crippen molar-refractivity contribution >= 4 is 17.8 Å². The molecule has 2 aliphatic rings. The Morgan fingerprint density at radius 2 is 1.54 bits per heavy atom. The second-order valence-electron chi connectivity index (χ2n) is 6.70. The molecule has 0 atom stereocenters. The molecule has 3 aromatic rings. The number of amides is 2. The average Bonchev–Trinajstić information content (AvgIpc) is 3.39.